The van der Waals surface area contributed by atoms with Crippen LogP contribution in [0, 0.1) is 0 Å². The van der Waals surface area contributed by atoms with Gasteiger partial charge < -0.3 is 9.47 Å². The molecular formula is C18H14F3N3O3. The summed E-state index contributed by atoms with van der Waals surface area (Å²) in [4.78, 5) is 11.9. The summed E-state index contributed by atoms with van der Waals surface area (Å²) < 4.78 is 45.4. The van der Waals surface area contributed by atoms with E-state index >= 15 is 0 Å². The van der Waals surface area contributed by atoms with Gasteiger partial charge in [-0.2, -0.15) is 10.3 Å². The minimum absolute atomic E-state index is 0.0817. The summed E-state index contributed by atoms with van der Waals surface area (Å²) in [5.41, 5.74) is 2.57. The number of carbonyl (C=O) groups excluding carboxylic acids is 1. The molecule has 0 aliphatic rings. The fourth-order valence-corrected chi connectivity index (χ4v) is 2.44. The van der Waals surface area contributed by atoms with Crippen LogP contribution in [0.5, 0.6) is 5.75 Å². The van der Waals surface area contributed by atoms with Crippen molar-refractivity contribution in [1.29, 1.82) is 0 Å². The molecule has 140 valence electrons. The number of aromatic nitrogens is 3. The first kappa shape index (κ1) is 18.4. The van der Waals surface area contributed by atoms with E-state index in [0.29, 0.717) is 16.8 Å². The molecule has 0 atom stereocenters. The Kier molecular flexibility index (Phi) is 5.11. The number of aromatic amines is 1. The zero-order valence-corrected chi connectivity index (χ0v) is 14.1. The monoisotopic (exact) mass is 377 g/mol. The van der Waals surface area contributed by atoms with E-state index in [9.17, 15) is 18.0 Å². The lowest BCUT2D eigenvalue weighted by atomic mass is 10.0. The normalized spacial score (nSPS) is 11.3. The van der Waals surface area contributed by atoms with Gasteiger partial charge in [0, 0.05) is 5.56 Å². The highest BCUT2D eigenvalue weighted by atomic mass is 19.4. The Morgan fingerprint density at radius 2 is 1.52 bits per heavy atom. The van der Waals surface area contributed by atoms with Crippen LogP contribution in [0.2, 0.25) is 0 Å². The molecule has 0 unspecified atom stereocenters. The molecule has 9 heteroatoms. The molecule has 0 aliphatic carbocycles. The summed E-state index contributed by atoms with van der Waals surface area (Å²) in [5, 5.41) is 10.2. The smallest absolute Gasteiger partial charge is 0.461 e. The zero-order chi connectivity index (χ0) is 19.4. The number of rotatable bonds is 5. The Balaban J connectivity index is 1.80. The minimum Gasteiger partial charge on any atom is -0.461 e. The number of benzene rings is 2. The molecule has 1 aromatic heterocycles. The first-order valence-electron chi connectivity index (χ1n) is 7.92. The number of carbonyl (C=O) groups is 1. The molecule has 27 heavy (non-hydrogen) atoms. The second-order valence-electron chi connectivity index (χ2n) is 5.39. The summed E-state index contributed by atoms with van der Waals surface area (Å²) in [7, 11) is 0. The van der Waals surface area contributed by atoms with E-state index < -0.39 is 12.3 Å². The summed E-state index contributed by atoms with van der Waals surface area (Å²) >= 11 is 0. The molecule has 1 heterocycles. The molecule has 1 N–H and O–H groups in total. The second-order valence-corrected chi connectivity index (χ2v) is 5.39. The van der Waals surface area contributed by atoms with Crippen LogP contribution >= 0.6 is 0 Å². The average Bonchev–Trinajstić information content (AvgIpc) is 3.11. The number of nitrogens with zero attached hydrogens (tertiary/aromatic N) is 2. The standard InChI is InChI=1S/C18H14F3N3O3/c1-2-26-17(25)16-15(22-24-23-16)13-5-3-11(4-6-13)12-7-9-14(10-8-12)27-18(19,20)21/h3-10H,2H2,1H3,(H,22,23,24). The van der Waals surface area contributed by atoms with Gasteiger partial charge in [0.15, 0.2) is 5.69 Å². The van der Waals surface area contributed by atoms with E-state index in [4.69, 9.17) is 4.74 Å². The highest BCUT2D eigenvalue weighted by molar-refractivity contribution is 5.94. The summed E-state index contributed by atoms with van der Waals surface area (Å²) in [6, 6.07) is 12.5. The lowest BCUT2D eigenvalue weighted by molar-refractivity contribution is -0.274. The number of alkyl halides is 3. The van der Waals surface area contributed by atoms with Crippen molar-refractivity contribution >= 4 is 5.97 Å². The molecule has 0 amide bonds. The number of H-pyrrole nitrogens is 1. The Bertz CT molecular complexity index is 920. The maximum absolute atomic E-state index is 12.2. The Morgan fingerprint density at radius 1 is 0.963 bits per heavy atom. The number of ether oxygens (including phenoxy) is 2. The molecule has 0 aliphatic heterocycles. The van der Waals surface area contributed by atoms with Crippen molar-refractivity contribution in [3.8, 4) is 28.1 Å². The van der Waals surface area contributed by atoms with Crippen LogP contribution in [0.3, 0.4) is 0 Å². The Labute approximate surface area is 151 Å². The van der Waals surface area contributed by atoms with Gasteiger partial charge in [-0.05, 0) is 30.2 Å². The third-order valence-corrected chi connectivity index (χ3v) is 3.60. The topological polar surface area (TPSA) is 77.1 Å². The number of hydrogen-bond acceptors (Lipinski definition) is 5. The zero-order valence-electron chi connectivity index (χ0n) is 14.1. The lowest BCUT2D eigenvalue weighted by Crippen LogP contribution is -2.16. The third kappa shape index (κ3) is 4.43. The quantitative estimate of drug-likeness (QED) is 0.674. The van der Waals surface area contributed by atoms with Crippen molar-refractivity contribution in [2.45, 2.75) is 13.3 Å². The van der Waals surface area contributed by atoms with Gasteiger partial charge in [0.05, 0.1) is 6.61 Å². The number of halogens is 3. The predicted molar refractivity (Wildman–Crippen MR) is 89.9 cm³/mol. The fraction of sp³-hybridized carbons (Fsp3) is 0.167. The molecule has 6 nitrogen and oxygen atoms in total. The minimum atomic E-state index is -4.72. The first-order chi connectivity index (χ1) is 12.9. The van der Waals surface area contributed by atoms with Crippen LogP contribution in [-0.2, 0) is 4.74 Å². The molecule has 0 saturated carbocycles. The van der Waals surface area contributed by atoms with Gasteiger partial charge in [0.2, 0.25) is 0 Å². The SMILES string of the molecule is CCOC(=O)c1n[nH]nc1-c1ccc(-c2ccc(OC(F)(F)F)cc2)cc1. The van der Waals surface area contributed by atoms with Gasteiger partial charge in [-0.15, -0.1) is 18.3 Å². The van der Waals surface area contributed by atoms with Crippen LogP contribution < -0.4 is 4.74 Å². The van der Waals surface area contributed by atoms with Crippen LogP contribution in [0.25, 0.3) is 22.4 Å². The van der Waals surface area contributed by atoms with E-state index in [1.807, 2.05) is 0 Å². The summed E-state index contributed by atoms with van der Waals surface area (Å²) in [6.45, 7) is 1.91. The fourth-order valence-electron chi connectivity index (χ4n) is 2.44. The van der Waals surface area contributed by atoms with Gasteiger partial charge in [0.25, 0.3) is 0 Å². The van der Waals surface area contributed by atoms with E-state index in [0.717, 1.165) is 5.56 Å². The van der Waals surface area contributed by atoms with Crippen molar-refractivity contribution in [3.63, 3.8) is 0 Å². The highest BCUT2D eigenvalue weighted by Gasteiger charge is 2.31. The number of esters is 1. The molecular weight excluding hydrogens is 363 g/mol. The molecule has 0 spiro atoms. The van der Waals surface area contributed by atoms with Crippen molar-refractivity contribution in [2.24, 2.45) is 0 Å². The van der Waals surface area contributed by atoms with Gasteiger partial charge in [-0.3, -0.25) is 0 Å². The van der Waals surface area contributed by atoms with Crippen LogP contribution in [0.1, 0.15) is 17.4 Å². The second kappa shape index (κ2) is 7.48. The predicted octanol–water partition coefficient (Wildman–Crippen LogP) is 4.21. The van der Waals surface area contributed by atoms with Gasteiger partial charge >= 0.3 is 12.3 Å². The van der Waals surface area contributed by atoms with Gasteiger partial charge in [-0.25, -0.2) is 4.79 Å². The largest absolute Gasteiger partial charge is 0.573 e. The first-order valence-corrected chi connectivity index (χ1v) is 7.92. The van der Waals surface area contributed by atoms with Crippen LogP contribution in [-0.4, -0.2) is 34.3 Å². The van der Waals surface area contributed by atoms with Crippen molar-refractivity contribution < 1.29 is 27.4 Å². The summed E-state index contributed by atoms with van der Waals surface area (Å²) in [5.74, 6) is -0.866. The molecule has 2 aromatic carbocycles. The molecule has 3 aromatic rings. The number of hydrogen-bond donors (Lipinski definition) is 1. The lowest BCUT2D eigenvalue weighted by Gasteiger charge is -2.09. The van der Waals surface area contributed by atoms with Gasteiger partial charge in [0.1, 0.15) is 11.4 Å². The van der Waals surface area contributed by atoms with E-state index in [2.05, 4.69) is 20.1 Å². The highest BCUT2D eigenvalue weighted by Crippen LogP contribution is 2.28. The third-order valence-electron chi connectivity index (χ3n) is 3.60. The molecule has 0 saturated heterocycles. The maximum atomic E-state index is 12.2. The molecule has 0 fully saturated rings. The average molecular weight is 377 g/mol. The molecule has 0 radical (unpaired) electrons. The van der Waals surface area contributed by atoms with Gasteiger partial charge in [-0.1, -0.05) is 36.4 Å². The number of nitrogens with one attached hydrogen (secondary N) is 1. The van der Waals surface area contributed by atoms with Crippen molar-refractivity contribution in [3.05, 3.63) is 54.2 Å². The van der Waals surface area contributed by atoms with E-state index in [1.54, 1.807) is 31.2 Å². The van der Waals surface area contributed by atoms with E-state index in [1.165, 1.54) is 24.3 Å². The van der Waals surface area contributed by atoms with Crippen molar-refractivity contribution in [1.82, 2.24) is 15.4 Å². The molecule has 0 bridgehead atoms. The molecule has 3 rings (SSSR count). The van der Waals surface area contributed by atoms with Crippen LogP contribution in [0.4, 0.5) is 13.2 Å². The Hall–Kier alpha value is -3.36. The van der Waals surface area contributed by atoms with E-state index in [-0.39, 0.29) is 18.1 Å². The summed E-state index contributed by atoms with van der Waals surface area (Å²) in [6.07, 6.45) is -4.72. The van der Waals surface area contributed by atoms with Crippen molar-refractivity contribution in [2.75, 3.05) is 6.61 Å². The van der Waals surface area contributed by atoms with Crippen LogP contribution in [0.15, 0.2) is 48.5 Å². The maximum Gasteiger partial charge on any atom is 0.573 e. The Morgan fingerprint density at radius 3 is 2.07 bits per heavy atom.